The predicted molar refractivity (Wildman–Crippen MR) is 103 cm³/mol. The topological polar surface area (TPSA) is 54.9 Å². The number of rotatable bonds is 8. The van der Waals surface area contributed by atoms with Gasteiger partial charge in [-0.1, -0.05) is 24.3 Å². The molecular weight excluding hydrogens is 333 g/mol. The van der Waals surface area contributed by atoms with E-state index < -0.39 is 0 Å². The zero-order valence-electron chi connectivity index (χ0n) is 15.5. The molecule has 0 aliphatic carbocycles. The van der Waals surface area contributed by atoms with Crippen LogP contribution in [0.2, 0.25) is 0 Å². The molecule has 2 N–H and O–H groups in total. The highest BCUT2D eigenvalue weighted by Gasteiger charge is 2.08. The summed E-state index contributed by atoms with van der Waals surface area (Å²) in [6.07, 6.45) is 0.642. The molecule has 0 spiro atoms. The van der Waals surface area contributed by atoms with Crippen molar-refractivity contribution in [2.75, 3.05) is 27.2 Å². The molecule has 5 nitrogen and oxygen atoms in total. The molecular formula is C20H26FN3O2. The molecule has 0 heterocycles. The minimum atomic E-state index is -0.361. The highest BCUT2D eigenvalue weighted by molar-refractivity contribution is 5.79. The van der Waals surface area contributed by atoms with Crippen LogP contribution in [0.5, 0.6) is 11.5 Å². The summed E-state index contributed by atoms with van der Waals surface area (Å²) in [4.78, 5) is 4.19. The molecule has 2 aromatic rings. The van der Waals surface area contributed by atoms with E-state index in [9.17, 15) is 4.39 Å². The highest BCUT2D eigenvalue weighted by Crippen LogP contribution is 2.16. The van der Waals surface area contributed by atoms with Crippen LogP contribution in [0.3, 0.4) is 0 Å². The monoisotopic (exact) mass is 359 g/mol. The normalized spacial score (nSPS) is 12.4. The number of benzene rings is 2. The van der Waals surface area contributed by atoms with Gasteiger partial charge in [-0.05, 0) is 43.2 Å². The van der Waals surface area contributed by atoms with Crippen molar-refractivity contribution in [1.82, 2.24) is 10.6 Å². The van der Waals surface area contributed by atoms with E-state index >= 15 is 0 Å². The van der Waals surface area contributed by atoms with Crippen molar-refractivity contribution in [3.05, 3.63) is 59.9 Å². The van der Waals surface area contributed by atoms with Gasteiger partial charge in [-0.25, -0.2) is 4.39 Å². The first-order valence-electron chi connectivity index (χ1n) is 8.61. The number of nitrogens with zero attached hydrogens (tertiary/aromatic N) is 1. The number of aliphatic imine (C=N–C) groups is 1. The van der Waals surface area contributed by atoms with Crippen LogP contribution in [0.4, 0.5) is 4.39 Å². The number of hydrogen-bond donors (Lipinski definition) is 2. The molecule has 2 aromatic carbocycles. The van der Waals surface area contributed by atoms with Crippen LogP contribution in [-0.2, 0) is 6.42 Å². The van der Waals surface area contributed by atoms with Crippen LogP contribution in [0, 0.1) is 5.82 Å². The molecule has 2 rings (SSSR count). The van der Waals surface area contributed by atoms with Gasteiger partial charge in [0.1, 0.15) is 11.9 Å². The molecule has 0 radical (unpaired) electrons. The van der Waals surface area contributed by atoms with E-state index in [1.807, 2.05) is 25.1 Å². The van der Waals surface area contributed by atoms with E-state index in [1.54, 1.807) is 32.4 Å². The Morgan fingerprint density at radius 2 is 1.96 bits per heavy atom. The average Bonchev–Trinajstić information content (AvgIpc) is 2.66. The predicted octanol–water partition coefficient (Wildman–Crippen LogP) is 3.01. The Balaban J connectivity index is 1.74. The van der Waals surface area contributed by atoms with Gasteiger partial charge in [-0.3, -0.25) is 4.99 Å². The Morgan fingerprint density at radius 1 is 1.15 bits per heavy atom. The van der Waals surface area contributed by atoms with Crippen molar-refractivity contribution in [3.63, 3.8) is 0 Å². The van der Waals surface area contributed by atoms with Crippen LogP contribution in [0.15, 0.2) is 53.5 Å². The van der Waals surface area contributed by atoms with Gasteiger partial charge >= 0.3 is 0 Å². The molecule has 0 saturated carbocycles. The van der Waals surface area contributed by atoms with Crippen LogP contribution in [0.25, 0.3) is 0 Å². The Hall–Kier alpha value is -2.76. The molecule has 0 fully saturated rings. The first-order valence-corrected chi connectivity index (χ1v) is 8.61. The molecule has 26 heavy (non-hydrogen) atoms. The number of ether oxygens (including phenoxy) is 2. The van der Waals surface area contributed by atoms with Crippen molar-refractivity contribution < 1.29 is 13.9 Å². The second kappa shape index (κ2) is 10.3. The number of guanidine groups is 1. The van der Waals surface area contributed by atoms with E-state index in [2.05, 4.69) is 21.7 Å². The SMILES string of the molecule is CN=C(NCCc1cccc(OC)c1)NCC(C)Oc1ccccc1F. The first-order chi connectivity index (χ1) is 12.6. The van der Waals surface area contributed by atoms with Crippen molar-refractivity contribution in [1.29, 1.82) is 0 Å². The van der Waals surface area contributed by atoms with Crippen molar-refractivity contribution in [2.24, 2.45) is 4.99 Å². The molecule has 0 bridgehead atoms. The summed E-state index contributed by atoms with van der Waals surface area (Å²) < 4.78 is 24.4. The van der Waals surface area contributed by atoms with E-state index in [-0.39, 0.29) is 17.7 Å². The van der Waals surface area contributed by atoms with E-state index in [0.29, 0.717) is 12.5 Å². The second-order valence-electron chi connectivity index (χ2n) is 5.84. The van der Waals surface area contributed by atoms with Crippen LogP contribution in [0.1, 0.15) is 12.5 Å². The van der Waals surface area contributed by atoms with Gasteiger partial charge in [0.05, 0.1) is 13.7 Å². The van der Waals surface area contributed by atoms with Crippen molar-refractivity contribution in [2.45, 2.75) is 19.4 Å². The van der Waals surface area contributed by atoms with Gasteiger partial charge in [0.25, 0.3) is 0 Å². The summed E-state index contributed by atoms with van der Waals surface area (Å²) in [7, 11) is 3.37. The Morgan fingerprint density at radius 3 is 2.69 bits per heavy atom. The van der Waals surface area contributed by atoms with Gasteiger partial charge in [-0.15, -0.1) is 0 Å². The minimum absolute atomic E-state index is 0.205. The second-order valence-corrected chi connectivity index (χ2v) is 5.84. The van der Waals surface area contributed by atoms with Crippen LogP contribution < -0.4 is 20.1 Å². The molecule has 6 heteroatoms. The molecule has 1 unspecified atom stereocenters. The lowest BCUT2D eigenvalue weighted by Crippen LogP contribution is -2.42. The third kappa shape index (κ3) is 6.27. The van der Waals surface area contributed by atoms with E-state index in [4.69, 9.17) is 9.47 Å². The average molecular weight is 359 g/mol. The maximum atomic E-state index is 13.6. The number of nitrogens with one attached hydrogen (secondary N) is 2. The molecule has 0 aromatic heterocycles. The van der Waals surface area contributed by atoms with Gasteiger partial charge in [0.2, 0.25) is 0 Å². The molecule has 0 aliphatic heterocycles. The summed E-state index contributed by atoms with van der Waals surface area (Å²) in [5, 5.41) is 6.44. The Kier molecular flexibility index (Phi) is 7.74. The van der Waals surface area contributed by atoms with E-state index in [1.165, 1.54) is 11.6 Å². The van der Waals surface area contributed by atoms with E-state index in [0.717, 1.165) is 18.7 Å². The molecule has 0 saturated heterocycles. The molecule has 0 aliphatic rings. The quantitative estimate of drug-likeness (QED) is 0.562. The lowest BCUT2D eigenvalue weighted by molar-refractivity contribution is 0.214. The lowest BCUT2D eigenvalue weighted by Gasteiger charge is -2.18. The van der Waals surface area contributed by atoms with Gasteiger partial charge in [-0.2, -0.15) is 0 Å². The fourth-order valence-electron chi connectivity index (χ4n) is 2.41. The lowest BCUT2D eigenvalue weighted by atomic mass is 10.1. The Labute approximate surface area is 154 Å². The fraction of sp³-hybridized carbons (Fsp3) is 0.350. The zero-order valence-corrected chi connectivity index (χ0v) is 15.5. The van der Waals surface area contributed by atoms with Crippen LogP contribution >= 0.6 is 0 Å². The zero-order chi connectivity index (χ0) is 18.8. The van der Waals surface area contributed by atoms with Crippen LogP contribution in [-0.4, -0.2) is 39.3 Å². The molecule has 140 valence electrons. The molecule has 0 amide bonds. The summed E-state index contributed by atoms with van der Waals surface area (Å²) in [5.74, 6) is 1.42. The number of para-hydroxylation sites is 1. The fourth-order valence-corrected chi connectivity index (χ4v) is 2.41. The summed E-state index contributed by atoms with van der Waals surface area (Å²) >= 11 is 0. The largest absolute Gasteiger partial charge is 0.497 e. The highest BCUT2D eigenvalue weighted by atomic mass is 19.1. The third-order valence-corrected chi connectivity index (χ3v) is 3.79. The maximum Gasteiger partial charge on any atom is 0.191 e. The number of halogens is 1. The number of hydrogen-bond acceptors (Lipinski definition) is 3. The van der Waals surface area contributed by atoms with Gasteiger partial charge in [0.15, 0.2) is 17.5 Å². The maximum absolute atomic E-state index is 13.6. The molecule has 1 atom stereocenters. The minimum Gasteiger partial charge on any atom is -0.497 e. The van der Waals surface area contributed by atoms with Crippen molar-refractivity contribution in [3.8, 4) is 11.5 Å². The summed E-state index contributed by atoms with van der Waals surface area (Å²) in [6.45, 7) is 3.12. The van der Waals surface area contributed by atoms with Gasteiger partial charge in [0, 0.05) is 13.6 Å². The number of methoxy groups -OCH3 is 1. The van der Waals surface area contributed by atoms with Gasteiger partial charge < -0.3 is 20.1 Å². The summed E-state index contributed by atoms with van der Waals surface area (Å²) in [6, 6.07) is 14.4. The third-order valence-electron chi connectivity index (χ3n) is 3.79. The Bertz CT molecular complexity index is 722. The summed E-state index contributed by atoms with van der Waals surface area (Å²) in [5.41, 5.74) is 1.18. The standard InChI is InChI=1S/C20H26FN3O2/c1-15(26-19-10-5-4-9-18(19)21)14-24-20(22-2)23-12-11-16-7-6-8-17(13-16)25-3/h4-10,13,15H,11-12,14H2,1-3H3,(H2,22,23,24). The first kappa shape index (κ1) is 19.6. The smallest absolute Gasteiger partial charge is 0.191 e. The van der Waals surface area contributed by atoms with Crippen molar-refractivity contribution >= 4 is 5.96 Å².